The Kier molecular flexibility index (Phi) is 6.09. The molecule has 2 aromatic carbocycles. The number of ether oxygens (including phenoxy) is 1. The molecule has 2 aromatic rings. The highest BCUT2D eigenvalue weighted by molar-refractivity contribution is 6.30. The number of carbonyl (C=O) groups excluding carboxylic acids is 2. The Morgan fingerprint density at radius 2 is 2.04 bits per heavy atom. The van der Waals surface area contributed by atoms with Crippen molar-refractivity contribution in [2.45, 2.75) is 25.4 Å². The minimum Gasteiger partial charge on any atom is -0.507 e. The number of amides is 2. The number of halogens is 1. The SMILES string of the molecule is COc1ccc(Cl)cc1CN(C)C(=O)C1CCCN1C(=O)c1ccccc1O. The molecule has 28 heavy (non-hydrogen) atoms. The number of carbonyl (C=O) groups is 2. The lowest BCUT2D eigenvalue weighted by Crippen LogP contribution is -2.46. The van der Waals surface area contributed by atoms with Crippen LogP contribution in [0.15, 0.2) is 42.5 Å². The monoisotopic (exact) mass is 402 g/mol. The summed E-state index contributed by atoms with van der Waals surface area (Å²) in [6, 6.07) is 11.1. The van der Waals surface area contributed by atoms with Crippen molar-refractivity contribution in [3.05, 3.63) is 58.6 Å². The molecule has 1 atom stereocenters. The molecule has 1 saturated heterocycles. The van der Waals surface area contributed by atoms with E-state index in [0.717, 1.165) is 12.0 Å². The van der Waals surface area contributed by atoms with Gasteiger partial charge in [0.2, 0.25) is 5.91 Å². The average Bonchev–Trinajstić information content (AvgIpc) is 3.17. The molecular weight excluding hydrogens is 380 g/mol. The lowest BCUT2D eigenvalue weighted by molar-refractivity contribution is -0.134. The number of likely N-dealkylation sites (tertiary alicyclic amines) is 1. The molecule has 148 valence electrons. The van der Waals surface area contributed by atoms with Crippen LogP contribution in [0.25, 0.3) is 0 Å². The quantitative estimate of drug-likeness (QED) is 0.832. The summed E-state index contributed by atoms with van der Waals surface area (Å²) in [6.07, 6.45) is 1.33. The van der Waals surface area contributed by atoms with E-state index >= 15 is 0 Å². The molecule has 1 aliphatic rings. The van der Waals surface area contributed by atoms with Crippen molar-refractivity contribution in [1.29, 1.82) is 0 Å². The minimum absolute atomic E-state index is 0.0809. The van der Waals surface area contributed by atoms with Crippen LogP contribution in [0.4, 0.5) is 0 Å². The minimum atomic E-state index is -0.553. The summed E-state index contributed by atoms with van der Waals surface area (Å²) in [6.45, 7) is 0.801. The van der Waals surface area contributed by atoms with E-state index in [1.807, 2.05) is 0 Å². The molecule has 1 unspecified atom stereocenters. The summed E-state index contributed by atoms with van der Waals surface area (Å²) >= 11 is 6.08. The van der Waals surface area contributed by atoms with Gasteiger partial charge in [0.25, 0.3) is 5.91 Å². The van der Waals surface area contributed by atoms with Gasteiger partial charge in [-0.25, -0.2) is 0 Å². The molecule has 2 amide bonds. The smallest absolute Gasteiger partial charge is 0.258 e. The number of rotatable bonds is 5. The number of para-hydroxylation sites is 1. The Morgan fingerprint density at radius 1 is 1.29 bits per heavy atom. The predicted octanol–water partition coefficient (Wildman–Crippen LogP) is 3.32. The fraction of sp³-hybridized carbons (Fsp3) is 0.333. The standard InChI is InChI=1S/C21H23ClN2O4/c1-23(13-14-12-15(22)9-10-19(14)28-2)21(27)17-7-5-11-24(17)20(26)16-6-3-4-8-18(16)25/h3-4,6,8-10,12,17,25H,5,7,11,13H2,1-2H3. The van der Waals surface area contributed by atoms with Crippen molar-refractivity contribution >= 4 is 23.4 Å². The maximum absolute atomic E-state index is 13.1. The van der Waals surface area contributed by atoms with Crippen LogP contribution in [0.1, 0.15) is 28.8 Å². The molecule has 1 heterocycles. The Morgan fingerprint density at radius 3 is 2.75 bits per heavy atom. The second kappa shape index (κ2) is 8.52. The van der Waals surface area contributed by atoms with Gasteiger partial charge in [0.15, 0.2) is 0 Å². The highest BCUT2D eigenvalue weighted by Crippen LogP contribution is 2.27. The second-order valence-electron chi connectivity index (χ2n) is 6.82. The lowest BCUT2D eigenvalue weighted by Gasteiger charge is -2.28. The van der Waals surface area contributed by atoms with Crippen molar-refractivity contribution in [2.24, 2.45) is 0 Å². The number of hydrogen-bond donors (Lipinski definition) is 1. The third-order valence-electron chi connectivity index (χ3n) is 4.96. The Bertz CT molecular complexity index is 886. The molecule has 1 fully saturated rings. The largest absolute Gasteiger partial charge is 0.507 e. The number of aromatic hydroxyl groups is 1. The zero-order valence-corrected chi connectivity index (χ0v) is 16.6. The topological polar surface area (TPSA) is 70.1 Å². The first-order valence-corrected chi connectivity index (χ1v) is 9.46. The Hall–Kier alpha value is -2.73. The van der Waals surface area contributed by atoms with E-state index in [1.165, 1.54) is 6.07 Å². The van der Waals surface area contributed by atoms with Crippen LogP contribution in [0.2, 0.25) is 5.02 Å². The van der Waals surface area contributed by atoms with Crippen LogP contribution in [-0.4, -0.2) is 53.5 Å². The molecule has 6 nitrogen and oxygen atoms in total. The van der Waals surface area contributed by atoms with Crippen molar-refractivity contribution < 1.29 is 19.4 Å². The molecule has 7 heteroatoms. The molecule has 0 saturated carbocycles. The summed E-state index contributed by atoms with van der Waals surface area (Å²) in [5.74, 6) is 0.0891. The maximum atomic E-state index is 13.1. The summed E-state index contributed by atoms with van der Waals surface area (Å²) < 4.78 is 5.35. The van der Waals surface area contributed by atoms with E-state index in [1.54, 1.807) is 60.4 Å². The van der Waals surface area contributed by atoms with Gasteiger partial charge in [-0.3, -0.25) is 9.59 Å². The first-order valence-electron chi connectivity index (χ1n) is 9.08. The van der Waals surface area contributed by atoms with Gasteiger partial charge in [-0.2, -0.15) is 0 Å². The number of likely N-dealkylation sites (N-methyl/N-ethyl adjacent to an activating group) is 1. The van der Waals surface area contributed by atoms with Crippen molar-refractivity contribution in [1.82, 2.24) is 9.80 Å². The van der Waals surface area contributed by atoms with Gasteiger partial charge in [-0.15, -0.1) is 0 Å². The highest BCUT2D eigenvalue weighted by Gasteiger charge is 2.36. The van der Waals surface area contributed by atoms with Gasteiger partial charge in [-0.1, -0.05) is 23.7 Å². The summed E-state index contributed by atoms with van der Waals surface area (Å²) in [5.41, 5.74) is 1.00. The van der Waals surface area contributed by atoms with Gasteiger partial charge in [-0.05, 0) is 43.2 Å². The highest BCUT2D eigenvalue weighted by atomic mass is 35.5. The third kappa shape index (κ3) is 4.07. The fourth-order valence-corrected chi connectivity index (χ4v) is 3.73. The van der Waals surface area contributed by atoms with Crippen LogP contribution < -0.4 is 4.74 Å². The number of hydrogen-bond acceptors (Lipinski definition) is 4. The van der Waals surface area contributed by atoms with E-state index < -0.39 is 6.04 Å². The predicted molar refractivity (Wildman–Crippen MR) is 107 cm³/mol. The Balaban J connectivity index is 1.76. The number of phenolic OH excluding ortho intramolecular Hbond substituents is 1. The van der Waals surface area contributed by atoms with Gasteiger partial charge in [0.05, 0.1) is 12.7 Å². The molecular formula is C21H23ClN2O4. The first kappa shape index (κ1) is 20.0. The van der Waals surface area contributed by atoms with Crippen LogP contribution in [0, 0.1) is 0 Å². The van der Waals surface area contributed by atoms with Crippen molar-refractivity contribution in [2.75, 3.05) is 20.7 Å². The van der Waals surface area contributed by atoms with Crippen molar-refractivity contribution in [3.8, 4) is 11.5 Å². The van der Waals surface area contributed by atoms with E-state index in [9.17, 15) is 14.7 Å². The number of methoxy groups -OCH3 is 1. The summed E-state index contributed by atoms with van der Waals surface area (Å²) in [5, 5.41) is 10.5. The molecule has 1 N–H and O–H groups in total. The average molecular weight is 403 g/mol. The summed E-state index contributed by atoms with van der Waals surface area (Å²) in [7, 11) is 3.27. The summed E-state index contributed by atoms with van der Waals surface area (Å²) in [4.78, 5) is 29.1. The fourth-order valence-electron chi connectivity index (χ4n) is 3.53. The molecule has 3 rings (SSSR count). The molecule has 1 aliphatic heterocycles. The Labute approximate surface area is 169 Å². The van der Waals surface area contributed by atoms with Gasteiger partial charge < -0.3 is 19.6 Å². The molecule has 0 aliphatic carbocycles. The third-order valence-corrected chi connectivity index (χ3v) is 5.19. The second-order valence-corrected chi connectivity index (χ2v) is 7.26. The van der Waals surface area contributed by atoms with Gasteiger partial charge in [0, 0.05) is 30.7 Å². The molecule has 0 bridgehead atoms. The zero-order chi connectivity index (χ0) is 20.3. The van der Waals surface area contributed by atoms with Crippen LogP contribution in [-0.2, 0) is 11.3 Å². The van der Waals surface area contributed by atoms with E-state index in [-0.39, 0.29) is 23.1 Å². The normalized spacial score (nSPS) is 16.1. The van der Waals surface area contributed by atoms with Gasteiger partial charge in [0.1, 0.15) is 17.5 Å². The number of benzene rings is 2. The number of phenols is 1. The van der Waals surface area contributed by atoms with E-state index in [0.29, 0.717) is 30.3 Å². The van der Waals surface area contributed by atoms with E-state index in [4.69, 9.17) is 16.3 Å². The van der Waals surface area contributed by atoms with Crippen molar-refractivity contribution in [3.63, 3.8) is 0 Å². The first-order chi connectivity index (χ1) is 13.4. The van der Waals surface area contributed by atoms with Crippen LogP contribution in [0.3, 0.4) is 0 Å². The molecule has 0 spiro atoms. The number of nitrogens with zero attached hydrogens (tertiary/aromatic N) is 2. The zero-order valence-electron chi connectivity index (χ0n) is 15.9. The van der Waals surface area contributed by atoms with E-state index in [2.05, 4.69) is 0 Å². The maximum Gasteiger partial charge on any atom is 0.258 e. The van der Waals surface area contributed by atoms with Crippen LogP contribution in [0.5, 0.6) is 11.5 Å². The lowest BCUT2D eigenvalue weighted by atomic mass is 10.1. The molecule has 0 radical (unpaired) electrons. The molecule has 0 aromatic heterocycles. The van der Waals surface area contributed by atoms with Gasteiger partial charge >= 0.3 is 0 Å². The van der Waals surface area contributed by atoms with Crippen LogP contribution >= 0.6 is 11.6 Å².